The Labute approximate surface area is 798 Å². The first-order chi connectivity index (χ1) is 67.4. The molecule has 18 rings (SSSR count). The molecule has 0 unspecified atom stereocenters. The average molecular weight is 1870 g/mol. The van der Waals surface area contributed by atoms with E-state index in [4.69, 9.17) is 56.8 Å². The number of aliphatic hydroxyl groups is 2. The molecule has 11 aromatic carbocycles. The van der Waals surface area contributed by atoms with Gasteiger partial charge in [-0.1, -0.05) is 135 Å². The quantitative estimate of drug-likeness (QED) is 0.0194. The number of methoxy groups -OCH3 is 5. The molecule has 708 valence electrons. The van der Waals surface area contributed by atoms with Crippen molar-refractivity contribution in [3.63, 3.8) is 0 Å². The first-order valence-electron chi connectivity index (χ1n) is 44.1. The van der Waals surface area contributed by atoms with E-state index in [1.165, 1.54) is 27.4 Å². The Bertz CT molecular complexity index is 7320. The minimum Gasteiger partial charge on any atom is -0.495 e. The van der Waals surface area contributed by atoms with E-state index in [-0.39, 0.29) is 60.4 Å². The summed E-state index contributed by atoms with van der Waals surface area (Å²) < 4.78 is 32.9. The monoisotopic (exact) mass is 1870 g/mol. The van der Waals surface area contributed by atoms with Crippen molar-refractivity contribution in [2.45, 2.75) is 51.4 Å². The summed E-state index contributed by atoms with van der Waals surface area (Å²) in [7, 11) is 7.61. The second kappa shape index (κ2) is 45.6. The molecule has 0 aliphatic heterocycles. The third kappa shape index (κ3) is 24.0. The van der Waals surface area contributed by atoms with Gasteiger partial charge in [0.15, 0.2) is 0 Å². The summed E-state index contributed by atoms with van der Waals surface area (Å²) >= 11 is 0. The van der Waals surface area contributed by atoms with Crippen molar-refractivity contribution >= 4 is 173 Å². The third-order valence-electron chi connectivity index (χ3n) is 22.6. The van der Waals surface area contributed by atoms with Crippen LogP contribution in [0.5, 0.6) is 28.7 Å². The van der Waals surface area contributed by atoms with Crippen molar-refractivity contribution in [2.24, 2.45) is 5.92 Å². The van der Waals surface area contributed by atoms with Gasteiger partial charge in [0.1, 0.15) is 40.1 Å². The molecular weight excluding hydrogens is 1760 g/mol. The van der Waals surface area contributed by atoms with Crippen molar-refractivity contribution in [3.05, 3.63) is 326 Å². The molecule has 2 atom stereocenters. The number of furan rings is 1. The van der Waals surface area contributed by atoms with Crippen LogP contribution in [0.25, 0.3) is 115 Å². The zero-order chi connectivity index (χ0) is 98.2. The van der Waals surface area contributed by atoms with Gasteiger partial charge in [0.2, 0.25) is 0 Å². The number of aromatic amines is 5. The minimum absolute atomic E-state index is 0.100. The topological polar surface area (TPSA) is 527 Å². The number of fused-ring (bicyclic) bond motifs is 5. The zero-order valence-corrected chi connectivity index (χ0v) is 77.0. The Hall–Kier alpha value is -18.0. The van der Waals surface area contributed by atoms with Gasteiger partial charge >= 0.3 is 5.97 Å². The van der Waals surface area contributed by atoms with Crippen molar-refractivity contribution in [1.82, 2.24) is 72.3 Å². The Morgan fingerprint density at radius 1 is 0.374 bits per heavy atom. The van der Waals surface area contributed by atoms with Crippen LogP contribution in [0.1, 0.15) is 152 Å². The number of nitrogens with one attached hydrogen (secondary N) is 9. The van der Waals surface area contributed by atoms with Crippen LogP contribution < -0.4 is 73.6 Å². The van der Waals surface area contributed by atoms with Gasteiger partial charge in [0.25, 0.3) is 23.6 Å². The van der Waals surface area contributed by atoms with E-state index in [1.807, 2.05) is 232 Å². The molecule has 6 heterocycles. The molecule has 4 amide bonds. The number of carbonyl (C=O) groups excluding carboxylic acids is 4. The molecule has 22 N–H and O–H groups in total. The van der Waals surface area contributed by atoms with Gasteiger partial charge in [-0.2, -0.15) is 25.5 Å². The second-order valence-electron chi connectivity index (χ2n) is 32.3. The number of carboxylic acid groups (broad SMARTS) is 1. The summed E-state index contributed by atoms with van der Waals surface area (Å²) in [5.41, 5.74) is 46.8. The predicted octanol–water partition coefficient (Wildman–Crippen LogP) is 16.9. The largest absolute Gasteiger partial charge is 0.495 e. The molecule has 17 aromatic rings. The van der Waals surface area contributed by atoms with E-state index in [1.54, 1.807) is 81.1 Å². The normalized spacial score (nSPS) is 12.2. The standard InChI is InChI=1S/C25H24N4O3.C22H20N4O3.C22H26N4O3.C20H20N4O2.C17H15N3O3/c1-32-24-19(25(31)27-22(15-30)17-5-3-2-4-6-17)12-14-21-23(24)20(28-29-21)13-9-16-7-10-18(26)11-8-16;1-28-21-17(22(27)24-13-16-3-2-12-29-16)9-11-19-20(21)18(25-26-19)10-6-14-4-7-15(23)8-5-14;1-13(2)19(12-27)24-22(28)16-9-11-18-20(21(16)29-3)17(25-26-18)10-6-14-4-7-15(23)8-5-14;1-26-19-15(20(25)22-14-7-8-14)9-11-17-18(19)16(23-24-17)10-4-12-2-5-13(21)6-3-12;1-23-16-12(17(21)22)7-9-14-15(16)13(19-20-14)8-4-10-2-5-11(18)6-3-10/h2-14,22,30H,15,26H2,1H3,(H,27,31)(H,28,29);2-12H,13,23H2,1H3,(H,24,27)(H,25,26);4-11,13,19,27H,12,23H2,1-3H3,(H,24,28)(H,25,26);2-6,9-11,14H,7-8,21H2,1H3,(H,22,25)(H,23,24);2-9H,18H2,1H3,(H,19,20)(H,21,22)/b13-9+;2*10-6+;10-4+;8-4+/t22-;;19-;;/m1.1../s1. The average Bonchev–Trinajstić information content (AvgIpc) is 1.67. The fourth-order valence-electron chi connectivity index (χ4n) is 15.0. The molecule has 33 nitrogen and oxygen atoms in total. The molecule has 1 saturated carbocycles. The molecule has 0 bridgehead atoms. The fourth-order valence-corrected chi connectivity index (χ4v) is 15.0. The molecule has 0 radical (unpaired) electrons. The Morgan fingerprint density at radius 3 is 0.957 bits per heavy atom. The highest BCUT2D eigenvalue weighted by atomic mass is 16.5. The van der Waals surface area contributed by atoms with E-state index in [9.17, 15) is 39.3 Å². The lowest BCUT2D eigenvalue weighted by Crippen LogP contribution is -2.41. The smallest absolute Gasteiger partial charge is 0.339 e. The van der Waals surface area contributed by atoms with Crippen LogP contribution in [0.15, 0.2) is 235 Å². The van der Waals surface area contributed by atoms with Crippen LogP contribution in [0.2, 0.25) is 0 Å². The van der Waals surface area contributed by atoms with E-state index >= 15 is 0 Å². The minimum atomic E-state index is -1.04. The molecule has 0 spiro atoms. The first kappa shape index (κ1) is 97.1. The summed E-state index contributed by atoms with van der Waals surface area (Å²) in [5, 5.41) is 80.2. The number of aromatic nitrogens is 10. The highest BCUT2D eigenvalue weighted by Crippen LogP contribution is 2.39. The molecule has 139 heavy (non-hydrogen) atoms. The van der Waals surface area contributed by atoms with Crippen molar-refractivity contribution in [2.75, 3.05) is 77.4 Å². The van der Waals surface area contributed by atoms with Crippen LogP contribution in [-0.2, 0) is 6.54 Å². The van der Waals surface area contributed by atoms with Gasteiger partial charge in [0.05, 0.1) is 179 Å². The van der Waals surface area contributed by atoms with Crippen molar-refractivity contribution in [3.8, 4) is 28.7 Å². The number of nitrogens with two attached hydrogens (primary N) is 5. The number of hydrogen-bond donors (Lipinski definition) is 17. The maximum atomic E-state index is 13.1. The molecule has 33 heteroatoms. The number of H-pyrrole nitrogens is 5. The van der Waals surface area contributed by atoms with Gasteiger partial charge in [-0.25, -0.2) is 4.79 Å². The number of aliphatic hydroxyl groups excluding tert-OH is 2. The number of amides is 4. The van der Waals surface area contributed by atoms with E-state index < -0.39 is 12.0 Å². The van der Waals surface area contributed by atoms with Crippen LogP contribution in [0.4, 0.5) is 28.4 Å². The number of nitrogen functional groups attached to an aromatic ring is 5. The number of anilines is 5. The summed E-state index contributed by atoms with van der Waals surface area (Å²) in [5.74, 6) is 0.861. The second-order valence-corrected chi connectivity index (χ2v) is 32.3. The predicted molar refractivity (Wildman–Crippen MR) is 546 cm³/mol. The van der Waals surface area contributed by atoms with Crippen molar-refractivity contribution < 1.29 is 67.4 Å². The number of nitrogens with zero attached hydrogens (tertiary/aromatic N) is 5. The lowest BCUT2D eigenvalue weighted by molar-refractivity contribution is 0.0692. The number of aromatic carboxylic acids is 1. The van der Waals surface area contributed by atoms with Gasteiger partial charge in [-0.3, -0.25) is 44.7 Å². The highest BCUT2D eigenvalue weighted by Gasteiger charge is 2.29. The number of carbonyl (C=O) groups is 5. The maximum absolute atomic E-state index is 13.1. The first-order valence-corrected chi connectivity index (χ1v) is 44.1. The molecule has 1 aliphatic carbocycles. The van der Waals surface area contributed by atoms with Crippen LogP contribution in [0.3, 0.4) is 0 Å². The lowest BCUT2D eigenvalue weighted by Gasteiger charge is -2.20. The lowest BCUT2D eigenvalue weighted by atomic mass is 10.0. The highest BCUT2D eigenvalue weighted by molar-refractivity contribution is 6.10. The van der Waals surface area contributed by atoms with E-state index in [0.29, 0.717) is 130 Å². The molecule has 0 saturated heterocycles. The molecule has 1 aliphatic rings. The van der Waals surface area contributed by atoms with Gasteiger partial charge in [-0.05, 0) is 216 Å². The fraction of sp³-hybridized carbons (Fsp3) is 0.151. The molecular formula is C106H105N19O14. The van der Waals surface area contributed by atoms with Crippen LogP contribution in [0, 0.1) is 5.92 Å². The van der Waals surface area contributed by atoms with E-state index in [2.05, 4.69) is 72.3 Å². The number of rotatable bonds is 29. The van der Waals surface area contributed by atoms with Gasteiger partial charge < -0.3 is 93.4 Å². The maximum Gasteiger partial charge on any atom is 0.339 e. The third-order valence-corrected chi connectivity index (χ3v) is 22.6. The summed E-state index contributed by atoms with van der Waals surface area (Å²) in [4.78, 5) is 62.5. The number of ether oxygens (including phenoxy) is 5. The number of benzene rings is 11. The number of hydrogen-bond acceptors (Lipinski definition) is 23. The summed E-state index contributed by atoms with van der Waals surface area (Å²) in [6.45, 7) is 3.83. The Kier molecular flexibility index (Phi) is 31.9. The van der Waals surface area contributed by atoms with Crippen molar-refractivity contribution in [1.29, 1.82) is 0 Å². The molecule has 6 aromatic heterocycles. The van der Waals surface area contributed by atoms with E-state index in [0.717, 1.165) is 90.7 Å². The van der Waals surface area contributed by atoms with Crippen LogP contribution >= 0.6 is 0 Å². The Balaban J connectivity index is 0.000000139. The summed E-state index contributed by atoms with van der Waals surface area (Å²) in [6.07, 6.45) is 22.7. The summed E-state index contributed by atoms with van der Waals surface area (Å²) in [6, 6.07) is 67.0. The number of carboxylic acids is 1. The van der Waals surface area contributed by atoms with Gasteiger partial charge in [0, 0.05) is 34.5 Å². The van der Waals surface area contributed by atoms with Crippen LogP contribution in [-0.4, -0.2) is 157 Å². The zero-order valence-electron chi connectivity index (χ0n) is 77.0. The Morgan fingerprint density at radius 2 is 0.676 bits per heavy atom. The molecule has 1 fully saturated rings. The SMILES string of the molecule is COc1c(C(=O)NC2CC2)ccc2n[nH]c(/C=C/c3ccc(N)cc3)c12.COc1c(C(=O)NCc2ccco2)ccc2n[nH]c(/C=C/c3ccc(N)cc3)c12.COc1c(C(=O)N[C@H](CO)C(C)C)ccc2n[nH]c(/C=C/c3ccc(N)cc3)c12.COc1c(C(=O)N[C@H](CO)c2ccccc2)ccc2n[nH]c(/C=C/c3ccc(N)cc3)c12.COc1c(C(=O)O)ccc2n[nH]c(/C=C/c3ccc(N)cc3)c12. The van der Waals surface area contributed by atoms with Gasteiger partial charge in [-0.15, -0.1) is 0 Å².